The summed E-state index contributed by atoms with van der Waals surface area (Å²) >= 11 is 3.01. The molecule has 5 rings (SSSR count). The van der Waals surface area contributed by atoms with Crippen molar-refractivity contribution in [2.75, 3.05) is 12.5 Å². The summed E-state index contributed by atoms with van der Waals surface area (Å²) in [5, 5.41) is 11.5. The Labute approximate surface area is 181 Å². The van der Waals surface area contributed by atoms with E-state index in [-0.39, 0.29) is 18.3 Å². The maximum atomic E-state index is 12.8. The molecule has 2 aromatic carbocycles. The molecule has 1 aliphatic rings. The number of nitrogens with zero attached hydrogens (tertiary/aromatic N) is 3. The van der Waals surface area contributed by atoms with E-state index in [4.69, 9.17) is 9.47 Å². The second kappa shape index (κ2) is 8.33. The van der Waals surface area contributed by atoms with Crippen molar-refractivity contribution < 1.29 is 14.3 Å². The predicted molar refractivity (Wildman–Crippen MR) is 116 cm³/mol. The molecule has 0 saturated carbocycles. The Hall–Kier alpha value is -3.10. The summed E-state index contributed by atoms with van der Waals surface area (Å²) in [6, 6.07) is 19.5. The summed E-state index contributed by atoms with van der Waals surface area (Å²) in [7, 11) is 0. The lowest BCUT2D eigenvalue weighted by molar-refractivity contribution is 0.102. The van der Waals surface area contributed by atoms with Crippen molar-refractivity contribution >= 4 is 28.9 Å². The average molecular weight is 436 g/mol. The highest BCUT2D eigenvalue weighted by Crippen LogP contribution is 2.33. The Morgan fingerprint density at radius 3 is 2.73 bits per heavy atom. The fourth-order valence-electron chi connectivity index (χ4n) is 3.18. The average Bonchev–Trinajstić information content (AvgIpc) is 3.53. The molecule has 0 unspecified atom stereocenters. The molecule has 0 fully saturated rings. The lowest BCUT2D eigenvalue weighted by atomic mass is 10.1. The molecule has 0 aliphatic carbocycles. The van der Waals surface area contributed by atoms with Crippen LogP contribution in [-0.4, -0.2) is 33.1 Å². The minimum absolute atomic E-state index is 0.00485. The molecule has 0 saturated heterocycles. The molecule has 0 atom stereocenters. The Morgan fingerprint density at radius 2 is 1.90 bits per heavy atom. The molecule has 2 aromatic heterocycles. The maximum Gasteiger partial charge on any atom is 0.231 e. The zero-order valence-electron chi connectivity index (χ0n) is 15.9. The van der Waals surface area contributed by atoms with Gasteiger partial charge in [-0.25, -0.2) is 0 Å². The molecule has 8 heteroatoms. The van der Waals surface area contributed by atoms with Gasteiger partial charge in [-0.3, -0.25) is 9.36 Å². The molecule has 1 aliphatic heterocycles. The monoisotopic (exact) mass is 435 g/mol. The fraction of sp³-hybridized carbons (Fsp3) is 0.136. The van der Waals surface area contributed by atoms with E-state index in [9.17, 15) is 4.79 Å². The summed E-state index contributed by atoms with van der Waals surface area (Å²) in [6.45, 7) is 0.831. The number of hydrogen-bond donors (Lipinski definition) is 0. The van der Waals surface area contributed by atoms with Gasteiger partial charge in [-0.2, -0.15) is 0 Å². The Morgan fingerprint density at radius 1 is 1.03 bits per heavy atom. The molecule has 0 spiro atoms. The van der Waals surface area contributed by atoms with Crippen LogP contribution in [0.5, 0.6) is 11.5 Å². The van der Waals surface area contributed by atoms with Gasteiger partial charge >= 0.3 is 0 Å². The molecule has 0 amide bonds. The van der Waals surface area contributed by atoms with E-state index in [0.29, 0.717) is 23.6 Å². The van der Waals surface area contributed by atoms with Crippen LogP contribution in [0.4, 0.5) is 0 Å². The molecule has 30 heavy (non-hydrogen) atoms. The Bertz CT molecular complexity index is 1170. The Balaban J connectivity index is 1.38. The summed E-state index contributed by atoms with van der Waals surface area (Å²) in [5.74, 6) is 2.36. The van der Waals surface area contributed by atoms with Gasteiger partial charge in [0.1, 0.15) is 0 Å². The number of carbonyl (C=O) groups is 1. The number of thiophene rings is 1. The molecule has 150 valence electrons. The standard InChI is InChI=1S/C22H17N3O3S2/c26-17(16-8-9-18-19(11-16)28-14-27-18)13-30-22-24-23-21(20-7-4-10-29-20)25(22)12-15-5-2-1-3-6-15/h1-11H,12-14H2. The van der Waals surface area contributed by atoms with Crippen LogP contribution >= 0.6 is 23.1 Å². The van der Waals surface area contributed by atoms with Crippen LogP contribution in [0.3, 0.4) is 0 Å². The third-order valence-electron chi connectivity index (χ3n) is 4.67. The number of ether oxygens (including phenoxy) is 2. The molecule has 6 nitrogen and oxygen atoms in total. The number of carbonyl (C=O) groups excluding carboxylic acids is 1. The normalized spacial score (nSPS) is 12.3. The minimum Gasteiger partial charge on any atom is -0.454 e. The van der Waals surface area contributed by atoms with Crippen molar-refractivity contribution in [2.45, 2.75) is 11.7 Å². The minimum atomic E-state index is 0.00485. The first-order valence-electron chi connectivity index (χ1n) is 9.34. The first kappa shape index (κ1) is 18.9. The van der Waals surface area contributed by atoms with Gasteiger partial charge in [0.25, 0.3) is 0 Å². The zero-order valence-corrected chi connectivity index (χ0v) is 17.5. The smallest absolute Gasteiger partial charge is 0.231 e. The van der Waals surface area contributed by atoms with Gasteiger partial charge < -0.3 is 9.47 Å². The van der Waals surface area contributed by atoms with E-state index < -0.39 is 0 Å². The summed E-state index contributed by atoms with van der Waals surface area (Å²) in [4.78, 5) is 13.8. The molecule has 0 N–H and O–H groups in total. The number of ketones is 1. The second-order valence-corrected chi connectivity index (χ2v) is 8.53. The number of hydrogen-bond acceptors (Lipinski definition) is 7. The van der Waals surface area contributed by atoms with Gasteiger partial charge in [0.2, 0.25) is 6.79 Å². The van der Waals surface area contributed by atoms with Gasteiger partial charge in [-0.05, 0) is 35.2 Å². The highest BCUT2D eigenvalue weighted by atomic mass is 32.2. The van der Waals surface area contributed by atoms with Crippen LogP contribution in [0.25, 0.3) is 10.7 Å². The van der Waals surface area contributed by atoms with E-state index in [2.05, 4.69) is 26.9 Å². The second-order valence-electron chi connectivity index (χ2n) is 6.64. The number of fused-ring (bicyclic) bond motifs is 1. The van der Waals surface area contributed by atoms with Crippen molar-refractivity contribution in [1.29, 1.82) is 0 Å². The largest absolute Gasteiger partial charge is 0.454 e. The molecular formula is C22H17N3O3S2. The van der Waals surface area contributed by atoms with E-state index in [1.54, 1.807) is 29.5 Å². The van der Waals surface area contributed by atoms with E-state index in [1.807, 2.05) is 35.7 Å². The molecule has 4 aromatic rings. The quantitative estimate of drug-likeness (QED) is 0.308. The SMILES string of the molecule is O=C(CSc1nnc(-c2cccs2)n1Cc1ccccc1)c1ccc2c(c1)OCO2. The van der Waals surface area contributed by atoms with Crippen molar-refractivity contribution in [3.05, 3.63) is 77.2 Å². The highest BCUT2D eigenvalue weighted by Gasteiger charge is 2.19. The number of Topliss-reactive ketones (excluding diaryl/α,β-unsaturated/α-hetero) is 1. The third kappa shape index (κ3) is 3.83. The van der Waals surface area contributed by atoms with Gasteiger partial charge in [0, 0.05) is 5.56 Å². The van der Waals surface area contributed by atoms with Crippen LogP contribution in [0.2, 0.25) is 0 Å². The molecule has 3 heterocycles. The van der Waals surface area contributed by atoms with Crippen LogP contribution in [-0.2, 0) is 6.54 Å². The van der Waals surface area contributed by atoms with E-state index in [0.717, 1.165) is 21.4 Å². The van der Waals surface area contributed by atoms with Crippen LogP contribution in [0, 0.1) is 0 Å². The van der Waals surface area contributed by atoms with Gasteiger partial charge in [-0.15, -0.1) is 21.5 Å². The van der Waals surface area contributed by atoms with Crippen molar-refractivity contribution in [3.63, 3.8) is 0 Å². The highest BCUT2D eigenvalue weighted by molar-refractivity contribution is 7.99. The lowest BCUT2D eigenvalue weighted by Crippen LogP contribution is -2.07. The van der Waals surface area contributed by atoms with Crippen LogP contribution in [0.1, 0.15) is 15.9 Å². The summed E-state index contributed by atoms with van der Waals surface area (Å²) in [6.07, 6.45) is 0. The number of thioether (sulfide) groups is 1. The van der Waals surface area contributed by atoms with Crippen molar-refractivity contribution in [3.8, 4) is 22.2 Å². The van der Waals surface area contributed by atoms with Crippen molar-refractivity contribution in [2.24, 2.45) is 0 Å². The number of aromatic nitrogens is 3. The third-order valence-corrected chi connectivity index (χ3v) is 6.50. The lowest BCUT2D eigenvalue weighted by Gasteiger charge is -2.09. The van der Waals surface area contributed by atoms with Gasteiger partial charge in [0.15, 0.2) is 28.3 Å². The molecule has 0 radical (unpaired) electrons. The van der Waals surface area contributed by atoms with Crippen molar-refractivity contribution in [1.82, 2.24) is 14.8 Å². The van der Waals surface area contributed by atoms with Crippen LogP contribution in [0.15, 0.2) is 71.2 Å². The Kier molecular flexibility index (Phi) is 5.25. The van der Waals surface area contributed by atoms with Gasteiger partial charge in [-0.1, -0.05) is 48.2 Å². The summed E-state index contributed by atoms with van der Waals surface area (Å²) < 4.78 is 12.8. The first-order valence-corrected chi connectivity index (χ1v) is 11.2. The van der Waals surface area contributed by atoms with E-state index >= 15 is 0 Å². The van der Waals surface area contributed by atoms with E-state index in [1.165, 1.54) is 11.8 Å². The van der Waals surface area contributed by atoms with Crippen LogP contribution < -0.4 is 9.47 Å². The number of benzene rings is 2. The molecule has 0 bridgehead atoms. The van der Waals surface area contributed by atoms with Gasteiger partial charge in [0.05, 0.1) is 17.2 Å². The number of rotatable bonds is 7. The predicted octanol–water partition coefficient (Wildman–Crippen LogP) is 4.76. The fourth-order valence-corrected chi connectivity index (χ4v) is 4.73. The first-order chi connectivity index (χ1) is 14.8. The topological polar surface area (TPSA) is 66.2 Å². The molecular weight excluding hydrogens is 418 g/mol. The zero-order chi connectivity index (χ0) is 20.3. The summed E-state index contributed by atoms with van der Waals surface area (Å²) in [5.41, 5.74) is 1.75. The maximum absolute atomic E-state index is 12.8.